The predicted octanol–water partition coefficient (Wildman–Crippen LogP) is 9.57. The Hall–Kier alpha value is -2.67. The molecule has 1 nitrogen and oxygen atoms in total. The molecule has 0 aliphatic carbocycles. The number of nitrogens with zero attached hydrogens (tertiary/aromatic N) is 1. The normalized spacial score (nSPS) is 11.6. The van der Waals surface area contributed by atoms with Crippen molar-refractivity contribution in [1.82, 2.24) is 4.98 Å². The van der Waals surface area contributed by atoms with E-state index >= 15 is 0 Å². The molecule has 0 atom stereocenters. The largest absolute Gasteiger partial charge is 0.256 e. The molecule has 0 saturated heterocycles. The molecule has 168 valence electrons. The number of fused-ring (bicyclic) bond motifs is 2. The minimum absolute atomic E-state index is 0.541. The van der Waals surface area contributed by atoms with Crippen molar-refractivity contribution in [2.75, 3.05) is 0 Å². The number of hydrogen-bond acceptors (Lipinski definition) is 1. The molecule has 32 heavy (non-hydrogen) atoms. The standard InChI is InChI=1S/C16H20.C15H19N/c1-11(2)14-7-5-13-6-8-15(12(3)4)10-16(13)9-14;1-10(2)12-5-6-15-13(7-12)8-14(9-16-15)11(3)4/h5-12H,1-4H3;5-11H,1-4H3. The Labute approximate surface area is 194 Å². The molecule has 4 rings (SSSR count). The fraction of sp³-hybridized carbons (Fsp3) is 0.387. The van der Waals surface area contributed by atoms with Crippen molar-refractivity contribution < 1.29 is 0 Å². The van der Waals surface area contributed by atoms with Crippen molar-refractivity contribution in [3.8, 4) is 0 Å². The van der Waals surface area contributed by atoms with Crippen LogP contribution in [0.1, 0.15) is 101 Å². The van der Waals surface area contributed by atoms with Crippen molar-refractivity contribution in [2.24, 2.45) is 0 Å². The third kappa shape index (κ3) is 5.76. The summed E-state index contributed by atoms with van der Waals surface area (Å²) in [6, 6.07) is 22.4. The summed E-state index contributed by atoms with van der Waals surface area (Å²) in [7, 11) is 0. The van der Waals surface area contributed by atoms with Gasteiger partial charge in [-0.15, -0.1) is 0 Å². The minimum Gasteiger partial charge on any atom is -0.256 e. The summed E-state index contributed by atoms with van der Waals surface area (Å²) in [4.78, 5) is 4.50. The lowest BCUT2D eigenvalue weighted by atomic mass is 9.95. The Kier molecular flexibility index (Phi) is 7.72. The van der Waals surface area contributed by atoms with E-state index in [1.54, 1.807) is 0 Å². The second kappa shape index (κ2) is 10.3. The quantitative estimate of drug-likeness (QED) is 0.317. The van der Waals surface area contributed by atoms with Gasteiger partial charge in [0.05, 0.1) is 5.52 Å². The third-order valence-electron chi connectivity index (χ3n) is 6.28. The van der Waals surface area contributed by atoms with E-state index in [0.29, 0.717) is 23.7 Å². The molecule has 0 radical (unpaired) electrons. The molecule has 4 aromatic rings. The molecule has 0 saturated carbocycles. The summed E-state index contributed by atoms with van der Waals surface area (Å²) in [6.45, 7) is 17.8. The van der Waals surface area contributed by atoms with Crippen LogP contribution in [0.2, 0.25) is 0 Å². The molecule has 0 amide bonds. The van der Waals surface area contributed by atoms with E-state index in [1.165, 1.54) is 38.4 Å². The van der Waals surface area contributed by atoms with Crippen LogP contribution in [0.3, 0.4) is 0 Å². The summed E-state index contributed by atoms with van der Waals surface area (Å²) in [5.41, 5.74) is 6.64. The average Bonchev–Trinajstić information content (AvgIpc) is 2.77. The maximum atomic E-state index is 4.50. The lowest BCUT2D eigenvalue weighted by Crippen LogP contribution is -1.92. The zero-order valence-corrected chi connectivity index (χ0v) is 21.1. The number of aromatic nitrogens is 1. The SMILES string of the molecule is CC(C)c1ccc2ccc(C(C)C)cc2c1.CC(C)c1ccc2ncc(C(C)C)cc2c1. The third-order valence-corrected chi connectivity index (χ3v) is 6.28. The first-order chi connectivity index (χ1) is 15.2. The van der Waals surface area contributed by atoms with Gasteiger partial charge in [0.2, 0.25) is 0 Å². The molecule has 0 N–H and O–H groups in total. The smallest absolute Gasteiger partial charge is 0.0702 e. The maximum absolute atomic E-state index is 4.50. The lowest BCUT2D eigenvalue weighted by Gasteiger charge is -2.10. The summed E-state index contributed by atoms with van der Waals surface area (Å²) in [5, 5.41) is 3.98. The van der Waals surface area contributed by atoms with Gasteiger partial charge < -0.3 is 0 Å². The first-order valence-electron chi connectivity index (χ1n) is 12.1. The number of rotatable bonds is 4. The summed E-state index contributed by atoms with van der Waals surface area (Å²) in [6.07, 6.45) is 1.99. The zero-order chi connectivity index (χ0) is 23.4. The van der Waals surface area contributed by atoms with E-state index in [-0.39, 0.29) is 0 Å². The van der Waals surface area contributed by atoms with Crippen LogP contribution in [0.15, 0.2) is 66.9 Å². The van der Waals surface area contributed by atoms with E-state index in [4.69, 9.17) is 0 Å². The van der Waals surface area contributed by atoms with Crippen LogP contribution in [0.5, 0.6) is 0 Å². The molecular weight excluding hydrogens is 386 g/mol. The predicted molar refractivity (Wildman–Crippen MR) is 142 cm³/mol. The molecule has 0 aliphatic heterocycles. The Morgan fingerprint density at radius 1 is 0.438 bits per heavy atom. The van der Waals surface area contributed by atoms with Crippen LogP contribution < -0.4 is 0 Å². The van der Waals surface area contributed by atoms with Crippen molar-refractivity contribution in [2.45, 2.75) is 79.1 Å². The lowest BCUT2D eigenvalue weighted by molar-refractivity contribution is 0.859. The van der Waals surface area contributed by atoms with Crippen LogP contribution in [0.25, 0.3) is 21.7 Å². The molecule has 1 heterocycles. The first-order valence-corrected chi connectivity index (χ1v) is 12.1. The van der Waals surface area contributed by atoms with Crippen LogP contribution in [0.4, 0.5) is 0 Å². The van der Waals surface area contributed by atoms with Gasteiger partial charge in [0, 0.05) is 11.6 Å². The van der Waals surface area contributed by atoms with Gasteiger partial charge in [-0.2, -0.15) is 0 Å². The van der Waals surface area contributed by atoms with Crippen molar-refractivity contribution in [1.29, 1.82) is 0 Å². The van der Waals surface area contributed by atoms with E-state index in [0.717, 1.165) is 5.52 Å². The van der Waals surface area contributed by atoms with Crippen LogP contribution >= 0.6 is 0 Å². The average molecular weight is 426 g/mol. The molecule has 1 aromatic heterocycles. The first kappa shape index (κ1) is 24.0. The van der Waals surface area contributed by atoms with E-state index in [9.17, 15) is 0 Å². The summed E-state index contributed by atoms with van der Waals surface area (Å²) in [5.74, 6) is 2.32. The van der Waals surface area contributed by atoms with Gasteiger partial charge >= 0.3 is 0 Å². The Morgan fingerprint density at radius 2 is 0.844 bits per heavy atom. The molecular formula is C31H39N. The summed E-state index contributed by atoms with van der Waals surface area (Å²) >= 11 is 0. The highest BCUT2D eigenvalue weighted by Gasteiger charge is 2.05. The topological polar surface area (TPSA) is 12.9 Å². The second-order valence-electron chi connectivity index (χ2n) is 10.2. The second-order valence-corrected chi connectivity index (χ2v) is 10.2. The summed E-state index contributed by atoms with van der Waals surface area (Å²) < 4.78 is 0. The maximum Gasteiger partial charge on any atom is 0.0702 e. The van der Waals surface area contributed by atoms with Gasteiger partial charge in [0.25, 0.3) is 0 Å². The number of hydrogen-bond donors (Lipinski definition) is 0. The highest BCUT2D eigenvalue weighted by molar-refractivity contribution is 5.84. The van der Waals surface area contributed by atoms with Crippen LogP contribution in [-0.2, 0) is 0 Å². The fourth-order valence-corrected chi connectivity index (χ4v) is 3.84. The van der Waals surface area contributed by atoms with E-state index < -0.39 is 0 Å². The Balaban J connectivity index is 0.000000181. The van der Waals surface area contributed by atoms with Gasteiger partial charge in [0.1, 0.15) is 0 Å². The highest BCUT2D eigenvalue weighted by Crippen LogP contribution is 2.25. The monoisotopic (exact) mass is 425 g/mol. The van der Waals surface area contributed by atoms with Crippen molar-refractivity contribution in [3.63, 3.8) is 0 Å². The van der Waals surface area contributed by atoms with Crippen LogP contribution in [-0.4, -0.2) is 4.98 Å². The van der Waals surface area contributed by atoms with Crippen LogP contribution in [0, 0.1) is 0 Å². The number of benzene rings is 3. The Bertz CT molecular complexity index is 1000. The Morgan fingerprint density at radius 3 is 1.31 bits per heavy atom. The molecule has 1 heteroatoms. The van der Waals surface area contributed by atoms with E-state index in [1.807, 2.05) is 6.20 Å². The minimum atomic E-state index is 0.541. The van der Waals surface area contributed by atoms with Crippen molar-refractivity contribution in [3.05, 3.63) is 89.1 Å². The van der Waals surface area contributed by atoms with Gasteiger partial charge in [0.15, 0.2) is 0 Å². The highest BCUT2D eigenvalue weighted by atomic mass is 14.6. The van der Waals surface area contributed by atoms with Gasteiger partial charge in [-0.1, -0.05) is 97.9 Å². The molecule has 3 aromatic carbocycles. The fourth-order valence-electron chi connectivity index (χ4n) is 3.84. The van der Waals surface area contributed by atoms with Gasteiger partial charge in [-0.3, -0.25) is 4.98 Å². The zero-order valence-electron chi connectivity index (χ0n) is 21.1. The van der Waals surface area contributed by atoms with Gasteiger partial charge in [-0.05, 0) is 74.9 Å². The number of pyridine rings is 1. The molecule has 0 spiro atoms. The molecule has 0 aliphatic rings. The van der Waals surface area contributed by atoms with Gasteiger partial charge in [-0.25, -0.2) is 0 Å². The van der Waals surface area contributed by atoms with Crippen molar-refractivity contribution >= 4 is 21.7 Å². The van der Waals surface area contributed by atoms with E-state index in [2.05, 4.69) is 121 Å². The molecule has 0 bridgehead atoms. The molecule has 0 fully saturated rings. The molecule has 0 unspecified atom stereocenters.